The van der Waals surface area contributed by atoms with Gasteiger partial charge in [-0.25, -0.2) is 4.52 Å². The zero-order chi connectivity index (χ0) is 16.6. The number of fused-ring (bicyclic) bond motifs is 1. The summed E-state index contributed by atoms with van der Waals surface area (Å²) in [5, 5.41) is 4.17. The monoisotopic (exact) mass is 342 g/mol. The maximum absolute atomic E-state index is 12.8. The van der Waals surface area contributed by atoms with Crippen molar-refractivity contribution in [2.75, 3.05) is 7.11 Å². The first-order chi connectivity index (χ1) is 10.9. The third-order valence-electron chi connectivity index (χ3n) is 3.29. The van der Waals surface area contributed by atoms with Crippen LogP contribution in [0.3, 0.4) is 0 Å². The van der Waals surface area contributed by atoms with E-state index in [4.69, 9.17) is 16.3 Å². The SMILES string of the molecule is COc1cc(C(F)(F)F)ccc1Cc1cn2ncnc2nc1Cl. The number of hydrogen-bond acceptors (Lipinski definition) is 4. The maximum atomic E-state index is 12.8. The fourth-order valence-corrected chi connectivity index (χ4v) is 2.36. The van der Waals surface area contributed by atoms with E-state index >= 15 is 0 Å². The number of ether oxygens (including phenoxy) is 1. The molecule has 0 N–H and O–H groups in total. The van der Waals surface area contributed by atoms with E-state index in [0.717, 1.165) is 12.1 Å². The highest BCUT2D eigenvalue weighted by Crippen LogP contribution is 2.34. The highest BCUT2D eigenvalue weighted by molar-refractivity contribution is 6.30. The van der Waals surface area contributed by atoms with Crippen LogP contribution < -0.4 is 4.74 Å². The number of rotatable bonds is 3. The second kappa shape index (κ2) is 5.69. The van der Waals surface area contributed by atoms with Crippen LogP contribution in [-0.4, -0.2) is 26.7 Å². The van der Waals surface area contributed by atoms with Crippen LogP contribution in [0.5, 0.6) is 5.75 Å². The Balaban J connectivity index is 1.99. The van der Waals surface area contributed by atoms with Crippen LogP contribution in [0.15, 0.2) is 30.7 Å². The molecule has 0 radical (unpaired) electrons. The van der Waals surface area contributed by atoms with Crippen LogP contribution in [0.2, 0.25) is 5.15 Å². The van der Waals surface area contributed by atoms with Gasteiger partial charge in [0.1, 0.15) is 17.2 Å². The van der Waals surface area contributed by atoms with Crippen LogP contribution in [0.1, 0.15) is 16.7 Å². The molecule has 1 aromatic carbocycles. The van der Waals surface area contributed by atoms with Gasteiger partial charge in [0.05, 0.1) is 12.7 Å². The van der Waals surface area contributed by atoms with Gasteiger partial charge in [0.25, 0.3) is 5.78 Å². The molecule has 0 bridgehead atoms. The minimum atomic E-state index is -4.43. The van der Waals surface area contributed by atoms with Crippen molar-refractivity contribution in [3.63, 3.8) is 0 Å². The lowest BCUT2D eigenvalue weighted by molar-refractivity contribution is -0.137. The third kappa shape index (κ3) is 3.07. The third-order valence-corrected chi connectivity index (χ3v) is 3.62. The number of benzene rings is 1. The van der Waals surface area contributed by atoms with Crippen LogP contribution in [-0.2, 0) is 12.6 Å². The summed E-state index contributed by atoms with van der Waals surface area (Å²) < 4.78 is 44.8. The summed E-state index contributed by atoms with van der Waals surface area (Å²) in [6.07, 6.45) is -1.20. The van der Waals surface area contributed by atoms with Gasteiger partial charge in [0.15, 0.2) is 0 Å². The summed E-state index contributed by atoms with van der Waals surface area (Å²) in [7, 11) is 1.32. The summed E-state index contributed by atoms with van der Waals surface area (Å²) in [4.78, 5) is 7.98. The summed E-state index contributed by atoms with van der Waals surface area (Å²) in [6, 6.07) is 3.33. The number of hydrogen-bond donors (Lipinski definition) is 0. The first-order valence-electron chi connectivity index (χ1n) is 6.47. The first kappa shape index (κ1) is 15.5. The fraction of sp³-hybridized carbons (Fsp3) is 0.214. The van der Waals surface area contributed by atoms with E-state index in [9.17, 15) is 13.2 Å². The molecule has 0 amide bonds. The van der Waals surface area contributed by atoms with Crippen LogP contribution in [0.25, 0.3) is 5.78 Å². The molecule has 0 aliphatic carbocycles. The van der Waals surface area contributed by atoms with E-state index < -0.39 is 11.7 Å². The molecule has 2 aromatic heterocycles. The Morgan fingerprint density at radius 3 is 2.74 bits per heavy atom. The number of halogens is 4. The smallest absolute Gasteiger partial charge is 0.416 e. The molecular weight excluding hydrogens is 333 g/mol. The predicted octanol–water partition coefficient (Wildman–Crippen LogP) is 3.40. The Morgan fingerprint density at radius 2 is 2.04 bits per heavy atom. The quantitative estimate of drug-likeness (QED) is 0.685. The Labute approximate surface area is 133 Å². The number of methoxy groups -OCH3 is 1. The zero-order valence-electron chi connectivity index (χ0n) is 11.8. The average molecular weight is 343 g/mol. The molecular formula is C14H10ClF3N4O. The van der Waals surface area contributed by atoms with Gasteiger partial charge in [-0.15, -0.1) is 0 Å². The molecule has 0 aliphatic heterocycles. The Hall–Kier alpha value is -2.35. The lowest BCUT2D eigenvalue weighted by Gasteiger charge is -2.13. The summed E-state index contributed by atoms with van der Waals surface area (Å²) in [6.45, 7) is 0. The second-order valence-corrected chi connectivity index (χ2v) is 5.12. The number of nitrogens with zero attached hydrogens (tertiary/aromatic N) is 4. The molecule has 3 aromatic rings. The molecule has 0 atom stereocenters. The van der Waals surface area contributed by atoms with Gasteiger partial charge in [-0.3, -0.25) is 0 Å². The lowest BCUT2D eigenvalue weighted by Crippen LogP contribution is -2.06. The van der Waals surface area contributed by atoms with Gasteiger partial charge in [0.2, 0.25) is 0 Å². The van der Waals surface area contributed by atoms with Crippen molar-refractivity contribution in [2.45, 2.75) is 12.6 Å². The molecule has 3 rings (SSSR count). The van der Waals surface area contributed by atoms with Crippen molar-refractivity contribution in [1.82, 2.24) is 19.6 Å². The van der Waals surface area contributed by atoms with Gasteiger partial charge in [0, 0.05) is 18.2 Å². The van der Waals surface area contributed by atoms with E-state index in [0.29, 0.717) is 16.9 Å². The number of alkyl halides is 3. The topological polar surface area (TPSA) is 52.3 Å². The van der Waals surface area contributed by atoms with Crippen molar-refractivity contribution in [2.24, 2.45) is 0 Å². The summed E-state index contributed by atoms with van der Waals surface area (Å²) in [5.74, 6) is 0.479. The predicted molar refractivity (Wildman–Crippen MR) is 76.6 cm³/mol. The Kier molecular flexibility index (Phi) is 3.85. The standard InChI is InChI=1S/C14H10ClF3N4O/c1-23-11-5-10(14(16,17)18)3-2-8(11)4-9-6-22-13(19-7-20-22)21-12(9)15/h2-3,5-7H,4H2,1H3. The maximum Gasteiger partial charge on any atom is 0.416 e. The molecule has 5 nitrogen and oxygen atoms in total. The fourth-order valence-electron chi connectivity index (χ4n) is 2.17. The van der Waals surface area contributed by atoms with Gasteiger partial charge >= 0.3 is 6.18 Å². The van der Waals surface area contributed by atoms with E-state index in [1.54, 1.807) is 6.20 Å². The van der Waals surface area contributed by atoms with Gasteiger partial charge in [-0.05, 0) is 17.7 Å². The van der Waals surface area contributed by atoms with E-state index in [2.05, 4.69) is 15.1 Å². The van der Waals surface area contributed by atoms with Crippen LogP contribution >= 0.6 is 11.6 Å². The molecule has 0 aliphatic rings. The molecule has 120 valence electrons. The Bertz CT molecular complexity index is 863. The van der Waals surface area contributed by atoms with Crippen molar-refractivity contribution in [1.29, 1.82) is 0 Å². The molecule has 9 heteroatoms. The first-order valence-corrected chi connectivity index (χ1v) is 6.85. The largest absolute Gasteiger partial charge is 0.496 e. The van der Waals surface area contributed by atoms with Gasteiger partial charge in [-0.1, -0.05) is 17.7 Å². The normalized spacial score (nSPS) is 11.9. The second-order valence-electron chi connectivity index (χ2n) is 4.76. The number of aromatic nitrogens is 4. The van der Waals surface area contributed by atoms with Crippen molar-refractivity contribution in [3.8, 4) is 5.75 Å². The average Bonchev–Trinajstić information content (AvgIpc) is 2.93. The van der Waals surface area contributed by atoms with Gasteiger partial charge < -0.3 is 4.74 Å². The van der Waals surface area contributed by atoms with E-state index in [-0.39, 0.29) is 17.3 Å². The molecule has 0 fully saturated rings. The molecule has 0 unspecified atom stereocenters. The van der Waals surface area contributed by atoms with Crippen LogP contribution in [0, 0.1) is 0 Å². The Morgan fingerprint density at radius 1 is 1.26 bits per heavy atom. The highest BCUT2D eigenvalue weighted by atomic mass is 35.5. The van der Waals surface area contributed by atoms with E-state index in [1.807, 2.05) is 0 Å². The molecule has 0 spiro atoms. The zero-order valence-corrected chi connectivity index (χ0v) is 12.6. The van der Waals surface area contributed by atoms with Gasteiger partial charge in [-0.2, -0.15) is 28.2 Å². The molecule has 2 heterocycles. The summed E-state index contributed by atoms with van der Waals surface area (Å²) in [5.41, 5.74) is 0.389. The summed E-state index contributed by atoms with van der Waals surface area (Å²) >= 11 is 6.10. The highest BCUT2D eigenvalue weighted by Gasteiger charge is 2.31. The van der Waals surface area contributed by atoms with Crippen molar-refractivity contribution < 1.29 is 17.9 Å². The molecule has 0 saturated heterocycles. The van der Waals surface area contributed by atoms with Crippen molar-refractivity contribution >= 4 is 17.4 Å². The minimum absolute atomic E-state index is 0.134. The molecule has 0 saturated carbocycles. The molecule has 23 heavy (non-hydrogen) atoms. The van der Waals surface area contributed by atoms with E-state index in [1.165, 1.54) is 24.0 Å². The minimum Gasteiger partial charge on any atom is -0.496 e. The van der Waals surface area contributed by atoms with Crippen molar-refractivity contribution in [3.05, 3.63) is 52.6 Å². The van der Waals surface area contributed by atoms with Crippen LogP contribution in [0.4, 0.5) is 13.2 Å². The lowest BCUT2D eigenvalue weighted by atomic mass is 10.0.